The lowest BCUT2D eigenvalue weighted by Gasteiger charge is -2.38. The van der Waals surface area contributed by atoms with E-state index in [9.17, 15) is 18.3 Å². The van der Waals surface area contributed by atoms with E-state index in [0.29, 0.717) is 5.82 Å². The molecule has 1 saturated heterocycles. The maximum Gasteiger partial charge on any atom is 0.391 e. The molecule has 9 heteroatoms. The summed E-state index contributed by atoms with van der Waals surface area (Å²) in [5, 5.41) is 9.74. The fraction of sp³-hybridized carbons (Fsp3) is 0.409. The Hall–Kier alpha value is -2.78. The van der Waals surface area contributed by atoms with E-state index in [1.54, 1.807) is 18.5 Å². The molecule has 0 spiro atoms. The SMILES string of the molecule is CC(c1ccc2nccnc2c1)N1CCN(c2ccc(C(O)CC(F)(F)F)cn2)CC1. The van der Waals surface area contributed by atoms with Gasteiger partial charge in [-0.1, -0.05) is 12.1 Å². The molecule has 4 rings (SSSR count). The standard InChI is InChI=1S/C22H24F3N5O/c1-15(16-2-4-18-19(12-16)27-7-6-26-18)29-8-10-30(11-9-29)21-5-3-17(14-28-21)20(31)13-22(23,24)25/h2-7,12,14-15,20,31H,8-11,13H2,1H3. The molecule has 0 aliphatic carbocycles. The topological polar surface area (TPSA) is 65.4 Å². The molecule has 164 valence electrons. The van der Waals surface area contributed by atoms with Gasteiger partial charge in [-0.05, 0) is 36.2 Å². The molecule has 0 amide bonds. The van der Waals surface area contributed by atoms with Crippen molar-refractivity contribution in [3.05, 3.63) is 60.0 Å². The zero-order valence-corrected chi connectivity index (χ0v) is 17.1. The highest BCUT2D eigenvalue weighted by atomic mass is 19.4. The van der Waals surface area contributed by atoms with E-state index in [-0.39, 0.29) is 11.6 Å². The second-order valence-electron chi connectivity index (χ2n) is 7.79. The van der Waals surface area contributed by atoms with Crippen LogP contribution >= 0.6 is 0 Å². The van der Waals surface area contributed by atoms with Gasteiger partial charge in [0, 0.05) is 50.8 Å². The second-order valence-corrected chi connectivity index (χ2v) is 7.79. The summed E-state index contributed by atoms with van der Waals surface area (Å²) < 4.78 is 37.4. The zero-order chi connectivity index (χ0) is 22.0. The molecule has 3 aromatic rings. The van der Waals surface area contributed by atoms with E-state index in [4.69, 9.17) is 0 Å². The van der Waals surface area contributed by atoms with Crippen molar-refractivity contribution in [2.45, 2.75) is 31.7 Å². The Morgan fingerprint density at radius 2 is 1.61 bits per heavy atom. The lowest BCUT2D eigenvalue weighted by Crippen LogP contribution is -2.47. The van der Waals surface area contributed by atoms with Crippen molar-refractivity contribution in [3.8, 4) is 0 Å². The van der Waals surface area contributed by atoms with Crippen molar-refractivity contribution in [2.24, 2.45) is 0 Å². The van der Waals surface area contributed by atoms with E-state index in [1.165, 1.54) is 17.8 Å². The molecule has 1 aliphatic rings. The number of aliphatic hydroxyl groups is 1. The minimum Gasteiger partial charge on any atom is -0.388 e. The molecule has 1 fully saturated rings. The Morgan fingerprint density at radius 3 is 2.26 bits per heavy atom. The van der Waals surface area contributed by atoms with Crippen molar-refractivity contribution in [3.63, 3.8) is 0 Å². The van der Waals surface area contributed by atoms with Gasteiger partial charge in [0.2, 0.25) is 0 Å². The number of nitrogens with zero attached hydrogens (tertiary/aromatic N) is 5. The average Bonchev–Trinajstić information content (AvgIpc) is 2.77. The third-order valence-corrected chi connectivity index (χ3v) is 5.74. The first kappa shape index (κ1) is 21.5. The van der Waals surface area contributed by atoms with E-state index in [1.807, 2.05) is 6.07 Å². The molecule has 1 aliphatic heterocycles. The summed E-state index contributed by atoms with van der Waals surface area (Å²) in [7, 11) is 0. The van der Waals surface area contributed by atoms with E-state index < -0.39 is 18.7 Å². The van der Waals surface area contributed by atoms with E-state index in [0.717, 1.165) is 37.2 Å². The Balaban J connectivity index is 1.36. The summed E-state index contributed by atoms with van der Waals surface area (Å²) in [4.78, 5) is 17.5. The molecule has 3 heterocycles. The lowest BCUT2D eigenvalue weighted by molar-refractivity contribution is -0.154. The summed E-state index contributed by atoms with van der Waals surface area (Å²) >= 11 is 0. The monoisotopic (exact) mass is 431 g/mol. The first-order valence-corrected chi connectivity index (χ1v) is 10.2. The third kappa shape index (κ3) is 5.11. The van der Waals surface area contributed by atoms with Crippen molar-refractivity contribution >= 4 is 16.9 Å². The number of hydrogen-bond donors (Lipinski definition) is 1. The number of halogens is 3. The second kappa shape index (κ2) is 8.76. The number of hydrogen-bond acceptors (Lipinski definition) is 6. The van der Waals surface area contributed by atoms with Gasteiger partial charge in [0.05, 0.1) is 23.6 Å². The number of aromatic nitrogens is 3. The van der Waals surface area contributed by atoms with Crippen LogP contribution in [0.1, 0.15) is 36.6 Å². The van der Waals surface area contributed by atoms with Crippen LogP contribution < -0.4 is 4.90 Å². The zero-order valence-electron chi connectivity index (χ0n) is 17.1. The van der Waals surface area contributed by atoms with E-state index >= 15 is 0 Å². The molecule has 1 N–H and O–H groups in total. The number of piperazine rings is 1. The van der Waals surface area contributed by atoms with Gasteiger partial charge in [-0.3, -0.25) is 14.9 Å². The summed E-state index contributed by atoms with van der Waals surface area (Å²) in [5.41, 5.74) is 3.11. The number of benzene rings is 1. The van der Waals surface area contributed by atoms with Gasteiger partial charge >= 0.3 is 6.18 Å². The predicted molar refractivity (Wildman–Crippen MR) is 112 cm³/mol. The quantitative estimate of drug-likeness (QED) is 0.661. The molecular formula is C22H24F3N5O. The van der Waals surface area contributed by atoms with E-state index in [2.05, 4.69) is 43.8 Å². The number of fused-ring (bicyclic) bond motifs is 1. The average molecular weight is 431 g/mol. The molecular weight excluding hydrogens is 407 g/mol. The Kier molecular flexibility index (Phi) is 6.06. The first-order valence-electron chi connectivity index (χ1n) is 10.2. The fourth-order valence-corrected chi connectivity index (χ4v) is 3.91. The van der Waals surface area contributed by atoms with Crippen LogP contribution in [0.5, 0.6) is 0 Å². The minimum atomic E-state index is -4.41. The van der Waals surface area contributed by atoms with Crippen LogP contribution in [0.4, 0.5) is 19.0 Å². The first-order chi connectivity index (χ1) is 14.8. The Bertz CT molecular complexity index is 1020. The van der Waals surface area contributed by atoms with Crippen molar-refractivity contribution in [1.82, 2.24) is 19.9 Å². The predicted octanol–water partition coefficient (Wildman–Crippen LogP) is 3.89. The van der Waals surface area contributed by atoms with Crippen molar-refractivity contribution in [2.75, 3.05) is 31.1 Å². The molecule has 31 heavy (non-hydrogen) atoms. The number of rotatable bonds is 5. The summed E-state index contributed by atoms with van der Waals surface area (Å²) in [6.07, 6.45) is -2.58. The number of aliphatic hydroxyl groups excluding tert-OH is 1. The van der Waals surface area contributed by atoms with Crippen LogP contribution in [0.2, 0.25) is 0 Å². The largest absolute Gasteiger partial charge is 0.391 e. The highest BCUT2D eigenvalue weighted by Crippen LogP contribution is 2.30. The Morgan fingerprint density at radius 1 is 0.935 bits per heavy atom. The number of alkyl halides is 3. The molecule has 1 aromatic carbocycles. The lowest BCUT2D eigenvalue weighted by atomic mass is 10.0. The smallest absolute Gasteiger partial charge is 0.388 e. The summed E-state index contributed by atoms with van der Waals surface area (Å²) in [6.45, 7) is 5.35. The van der Waals surface area contributed by atoms with Crippen molar-refractivity contribution < 1.29 is 18.3 Å². The van der Waals surface area contributed by atoms with Gasteiger partial charge in [-0.25, -0.2) is 4.98 Å². The molecule has 2 aromatic heterocycles. The number of pyridine rings is 1. The van der Waals surface area contributed by atoms with Gasteiger partial charge in [0.15, 0.2) is 0 Å². The van der Waals surface area contributed by atoms with Gasteiger partial charge in [-0.15, -0.1) is 0 Å². The number of anilines is 1. The summed E-state index contributed by atoms with van der Waals surface area (Å²) in [5.74, 6) is 0.705. The highest BCUT2D eigenvalue weighted by molar-refractivity contribution is 5.74. The van der Waals surface area contributed by atoms with Crippen LogP contribution in [0.15, 0.2) is 48.9 Å². The maximum atomic E-state index is 12.5. The normalized spacial score (nSPS) is 17.6. The third-order valence-electron chi connectivity index (χ3n) is 5.74. The molecule has 0 bridgehead atoms. The van der Waals surface area contributed by atoms with Gasteiger partial charge in [0.1, 0.15) is 5.82 Å². The minimum absolute atomic E-state index is 0.174. The molecule has 2 atom stereocenters. The van der Waals surface area contributed by atoms with Gasteiger partial charge < -0.3 is 10.0 Å². The maximum absolute atomic E-state index is 12.5. The van der Waals surface area contributed by atoms with Gasteiger partial charge in [0.25, 0.3) is 0 Å². The fourth-order valence-electron chi connectivity index (χ4n) is 3.91. The Labute approximate surface area is 178 Å². The molecule has 2 unspecified atom stereocenters. The van der Waals surface area contributed by atoms with Crippen LogP contribution in [0, 0.1) is 0 Å². The summed E-state index contributed by atoms with van der Waals surface area (Å²) in [6, 6.07) is 9.57. The molecule has 6 nitrogen and oxygen atoms in total. The molecule has 0 radical (unpaired) electrons. The van der Waals surface area contributed by atoms with Crippen LogP contribution in [-0.4, -0.2) is 57.3 Å². The van der Waals surface area contributed by atoms with Crippen molar-refractivity contribution in [1.29, 1.82) is 0 Å². The molecule has 0 saturated carbocycles. The van der Waals surface area contributed by atoms with Crippen LogP contribution in [0.3, 0.4) is 0 Å². The van der Waals surface area contributed by atoms with Crippen LogP contribution in [-0.2, 0) is 0 Å². The van der Waals surface area contributed by atoms with Gasteiger partial charge in [-0.2, -0.15) is 13.2 Å². The van der Waals surface area contributed by atoms with Crippen LogP contribution in [0.25, 0.3) is 11.0 Å². The highest BCUT2D eigenvalue weighted by Gasteiger charge is 2.32.